The molecule has 1 aromatic carbocycles. The van der Waals surface area contributed by atoms with Gasteiger partial charge in [0.25, 0.3) is 0 Å². The highest BCUT2D eigenvalue weighted by Gasteiger charge is 2.29. The minimum atomic E-state index is -0.505. The van der Waals surface area contributed by atoms with Crippen LogP contribution in [-0.2, 0) is 0 Å². The predicted octanol–water partition coefficient (Wildman–Crippen LogP) is 2.47. The molecule has 20 heavy (non-hydrogen) atoms. The normalized spacial score (nSPS) is 17.9. The van der Waals surface area contributed by atoms with Crippen LogP contribution in [0.3, 0.4) is 0 Å². The van der Waals surface area contributed by atoms with Crippen molar-refractivity contribution in [2.45, 2.75) is 33.3 Å². The van der Waals surface area contributed by atoms with Crippen LogP contribution >= 0.6 is 0 Å². The molecule has 0 aliphatic carbocycles. The van der Waals surface area contributed by atoms with Gasteiger partial charge in [-0.25, -0.2) is 4.79 Å². The fourth-order valence-corrected chi connectivity index (χ4v) is 2.57. The van der Waals surface area contributed by atoms with Gasteiger partial charge in [-0.1, -0.05) is 0 Å². The Morgan fingerprint density at radius 3 is 2.65 bits per heavy atom. The lowest BCUT2D eigenvalue weighted by Crippen LogP contribution is -2.24. The van der Waals surface area contributed by atoms with Crippen molar-refractivity contribution in [2.24, 2.45) is 0 Å². The lowest BCUT2D eigenvalue weighted by atomic mass is 9.96. The van der Waals surface area contributed by atoms with E-state index in [9.17, 15) is 14.7 Å². The van der Waals surface area contributed by atoms with E-state index in [1.54, 1.807) is 20.8 Å². The summed E-state index contributed by atoms with van der Waals surface area (Å²) >= 11 is 0. The highest BCUT2D eigenvalue weighted by atomic mass is 16.5. The topological polar surface area (TPSA) is 76.7 Å². The van der Waals surface area contributed by atoms with Crippen LogP contribution in [0.25, 0.3) is 11.0 Å². The lowest BCUT2D eigenvalue weighted by Gasteiger charge is -2.23. The van der Waals surface area contributed by atoms with Crippen LogP contribution in [0.15, 0.2) is 15.3 Å². The molecule has 0 amide bonds. The van der Waals surface area contributed by atoms with Gasteiger partial charge in [-0.15, -0.1) is 0 Å². The zero-order chi connectivity index (χ0) is 14.6. The summed E-state index contributed by atoms with van der Waals surface area (Å²) in [5.41, 5.74) is 0.892. The molecule has 3 rings (SSSR count). The Bertz CT molecular complexity index is 800. The van der Waals surface area contributed by atoms with Gasteiger partial charge in [-0.3, -0.25) is 4.79 Å². The largest absolute Gasteiger partial charge is 0.507 e. The van der Waals surface area contributed by atoms with Crippen molar-refractivity contribution in [1.82, 2.24) is 0 Å². The summed E-state index contributed by atoms with van der Waals surface area (Å²) in [6.45, 7) is 5.12. The zero-order valence-electron chi connectivity index (χ0n) is 11.4. The van der Waals surface area contributed by atoms with E-state index < -0.39 is 5.63 Å². The van der Waals surface area contributed by atoms with E-state index in [0.29, 0.717) is 16.5 Å². The van der Waals surface area contributed by atoms with E-state index in [1.807, 2.05) is 0 Å². The van der Waals surface area contributed by atoms with E-state index in [-0.39, 0.29) is 41.0 Å². The van der Waals surface area contributed by atoms with Crippen molar-refractivity contribution in [3.05, 3.63) is 33.2 Å². The molecule has 1 atom stereocenters. The van der Waals surface area contributed by atoms with Gasteiger partial charge in [-0.2, -0.15) is 0 Å². The molecule has 2 aromatic rings. The standard InChI is InChI=1S/C15H14O5/c1-6-4-9(16)13-11(19-6)5-10(17)12-7(2)8(3)15(18)20-14(12)13/h5-6,17H,4H2,1-3H3. The molecule has 0 saturated heterocycles. The second-order valence-electron chi connectivity index (χ2n) is 5.17. The molecule has 0 saturated carbocycles. The second-order valence-corrected chi connectivity index (χ2v) is 5.17. The highest BCUT2D eigenvalue weighted by molar-refractivity contribution is 6.11. The number of rotatable bonds is 0. The summed E-state index contributed by atoms with van der Waals surface area (Å²) in [7, 11) is 0. The van der Waals surface area contributed by atoms with E-state index in [4.69, 9.17) is 9.15 Å². The van der Waals surface area contributed by atoms with Crippen LogP contribution in [0.5, 0.6) is 11.5 Å². The van der Waals surface area contributed by atoms with E-state index >= 15 is 0 Å². The average Bonchev–Trinajstić information content (AvgIpc) is 2.34. The maximum atomic E-state index is 12.2. The van der Waals surface area contributed by atoms with Crippen LogP contribution in [0.1, 0.15) is 34.8 Å². The number of hydrogen-bond acceptors (Lipinski definition) is 5. The summed E-state index contributed by atoms with van der Waals surface area (Å²) < 4.78 is 10.8. The van der Waals surface area contributed by atoms with Crippen molar-refractivity contribution < 1.29 is 19.1 Å². The summed E-state index contributed by atoms with van der Waals surface area (Å²) in [6, 6.07) is 1.41. The molecule has 5 heteroatoms. The summed E-state index contributed by atoms with van der Waals surface area (Å²) in [5.74, 6) is 0.0744. The summed E-state index contributed by atoms with van der Waals surface area (Å²) in [6.07, 6.45) is -0.0334. The molecule has 1 aliphatic rings. The first-order valence-electron chi connectivity index (χ1n) is 6.40. The van der Waals surface area contributed by atoms with Crippen molar-refractivity contribution in [1.29, 1.82) is 0 Å². The number of hydrogen-bond donors (Lipinski definition) is 1. The van der Waals surface area contributed by atoms with Gasteiger partial charge in [0.15, 0.2) is 11.4 Å². The van der Waals surface area contributed by atoms with Gasteiger partial charge in [0, 0.05) is 18.1 Å². The predicted molar refractivity (Wildman–Crippen MR) is 72.7 cm³/mol. The number of carbonyl (C=O) groups excluding carboxylic acids is 1. The molecule has 1 N–H and O–H groups in total. The van der Waals surface area contributed by atoms with Crippen molar-refractivity contribution in [3.63, 3.8) is 0 Å². The molecule has 0 radical (unpaired) electrons. The number of phenolic OH excluding ortho intramolecular Hbond substituents is 1. The summed E-state index contributed by atoms with van der Waals surface area (Å²) in [4.78, 5) is 24.0. The zero-order valence-corrected chi connectivity index (χ0v) is 11.4. The fraction of sp³-hybridized carbons (Fsp3) is 0.333. The third-order valence-electron chi connectivity index (χ3n) is 3.74. The van der Waals surface area contributed by atoms with Crippen LogP contribution < -0.4 is 10.4 Å². The molecule has 2 heterocycles. The fourth-order valence-electron chi connectivity index (χ4n) is 2.57. The minimum Gasteiger partial charge on any atom is -0.507 e. The van der Waals surface area contributed by atoms with Gasteiger partial charge in [0.05, 0.1) is 5.39 Å². The van der Waals surface area contributed by atoms with Gasteiger partial charge in [0.1, 0.15) is 23.2 Å². The molecule has 1 aliphatic heterocycles. The molecular formula is C15H14O5. The molecular weight excluding hydrogens is 260 g/mol. The molecule has 5 nitrogen and oxygen atoms in total. The van der Waals surface area contributed by atoms with Gasteiger partial charge in [-0.05, 0) is 26.3 Å². The third kappa shape index (κ3) is 1.62. The molecule has 1 unspecified atom stereocenters. The number of Topliss-reactive ketones (excluding diaryl/α,β-unsaturated/α-hetero) is 1. The second kappa shape index (κ2) is 4.10. The molecule has 0 bridgehead atoms. The Morgan fingerprint density at radius 1 is 1.25 bits per heavy atom. The van der Waals surface area contributed by atoms with Gasteiger partial charge in [0.2, 0.25) is 0 Å². The monoisotopic (exact) mass is 274 g/mol. The number of carbonyl (C=O) groups is 1. The van der Waals surface area contributed by atoms with E-state index in [1.165, 1.54) is 6.07 Å². The molecule has 0 spiro atoms. The Balaban J connectivity index is 2.50. The number of benzene rings is 1. The SMILES string of the molecule is Cc1c(C)c2c(O)cc3c(c2oc1=O)C(=O)CC(C)O3. The minimum absolute atomic E-state index is 0.0509. The lowest BCUT2D eigenvalue weighted by molar-refractivity contribution is 0.0871. The van der Waals surface area contributed by atoms with Crippen molar-refractivity contribution in [3.8, 4) is 11.5 Å². The van der Waals surface area contributed by atoms with Crippen LogP contribution in [-0.4, -0.2) is 17.0 Å². The van der Waals surface area contributed by atoms with Crippen molar-refractivity contribution >= 4 is 16.8 Å². The maximum absolute atomic E-state index is 12.2. The first kappa shape index (κ1) is 12.7. The van der Waals surface area contributed by atoms with E-state index in [0.717, 1.165) is 0 Å². The number of aryl methyl sites for hydroxylation is 1. The molecule has 1 aromatic heterocycles. The Labute approximate surface area is 114 Å². The number of phenols is 1. The summed E-state index contributed by atoms with van der Waals surface area (Å²) in [5, 5.41) is 10.5. The Hall–Kier alpha value is -2.30. The van der Waals surface area contributed by atoms with Gasteiger partial charge < -0.3 is 14.3 Å². The van der Waals surface area contributed by atoms with Gasteiger partial charge >= 0.3 is 5.63 Å². The van der Waals surface area contributed by atoms with Crippen LogP contribution in [0.2, 0.25) is 0 Å². The molecule has 104 valence electrons. The number of ketones is 1. The Kier molecular flexibility index (Phi) is 2.61. The number of fused-ring (bicyclic) bond motifs is 3. The van der Waals surface area contributed by atoms with E-state index in [2.05, 4.69) is 0 Å². The highest BCUT2D eigenvalue weighted by Crippen LogP contribution is 2.40. The smallest absolute Gasteiger partial charge is 0.339 e. The maximum Gasteiger partial charge on any atom is 0.339 e. The number of aromatic hydroxyl groups is 1. The Morgan fingerprint density at radius 2 is 1.95 bits per heavy atom. The third-order valence-corrected chi connectivity index (χ3v) is 3.74. The molecule has 0 fully saturated rings. The van der Waals surface area contributed by atoms with Crippen LogP contribution in [0.4, 0.5) is 0 Å². The first-order valence-corrected chi connectivity index (χ1v) is 6.40. The quantitative estimate of drug-likeness (QED) is 0.747. The van der Waals surface area contributed by atoms with Crippen LogP contribution in [0, 0.1) is 13.8 Å². The first-order chi connectivity index (χ1) is 9.40. The average molecular weight is 274 g/mol. The number of ether oxygens (including phenoxy) is 1. The van der Waals surface area contributed by atoms with Crippen molar-refractivity contribution in [2.75, 3.05) is 0 Å².